The average Bonchev–Trinajstić information content (AvgIpc) is 2.56. The number of halogens is 1. The summed E-state index contributed by atoms with van der Waals surface area (Å²) in [5.74, 6) is -0.348. The van der Waals surface area contributed by atoms with Gasteiger partial charge in [-0.25, -0.2) is 14.0 Å². The molecular formula is C15H18FN3O3. The van der Waals surface area contributed by atoms with Gasteiger partial charge in [0.05, 0.1) is 7.11 Å². The Hall–Kier alpha value is -2.57. The molecule has 6 nitrogen and oxygen atoms in total. The Labute approximate surface area is 128 Å². The molecule has 7 heteroatoms. The Morgan fingerprint density at radius 3 is 2.45 bits per heavy atom. The van der Waals surface area contributed by atoms with Crippen molar-refractivity contribution >= 4 is 18.2 Å². The highest BCUT2D eigenvalue weighted by molar-refractivity contribution is 5.76. The zero-order chi connectivity index (χ0) is 15.9. The van der Waals surface area contributed by atoms with Crippen molar-refractivity contribution in [2.24, 2.45) is 0 Å². The number of amides is 3. The summed E-state index contributed by atoms with van der Waals surface area (Å²) in [6.07, 6.45) is 2.52. The third kappa shape index (κ3) is 3.97. The van der Waals surface area contributed by atoms with E-state index in [4.69, 9.17) is 0 Å². The maximum atomic E-state index is 13.4. The van der Waals surface area contributed by atoms with Crippen molar-refractivity contribution in [2.45, 2.75) is 0 Å². The minimum Gasteiger partial charge on any atom is -0.453 e. The van der Waals surface area contributed by atoms with Gasteiger partial charge < -0.3 is 19.9 Å². The highest BCUT2D eigenvalue weighted by atomic mass is 19.1. The normalized spacial score (nSPS) is 15.0. The van der Waals surface area contributed by atoms with Gasteiger partial charge in [0.2, 0.25) is 0 Å². The summed E-state index contributed by atoms with van der Waals surface area (Å²) in [6.45, 7) is 1.71. The third-order valence-electron chi connectivity index (χ3n) is 3.37. The van der Waals surface area contributed by atoms with E-state index in [0.717, 1.165) is 0 Å². The average molecular weight is 307 g/mol. The first-order valence-corrected chi connectivity index (χ1v) is 6.91. The number of benzene rings is 1. The van der Waals surface area contributed by atoms with Crippen molar-refractivity contribution in [2.75, 3.05) is 33.3 Å². The molecule has 3 amide bonds. The predicted octanol–water partition coefficient (Wildman–Crippen LogP) is 1.89. The zero-order valence-electron chi connectivity index (χ0n) is 12.3. The zero-order valence-corrected chi connectivity index (χ0v) is 12.3. The van der Waals surface area contributed by atoms with Crippen LogP contribution in [0.2, 0.25) is 0 Å². The van der Waals surface area contributed by atoms with Gasteiger partial charge in [-0.15, -0.1) is 0 Å². The van der Waals surface area contributed by atoms with Crippen LogP contribution in [0, 0.1) is 5.82 Å². The van der Waals surface area contributed by atoms with Gasteiger partial charge >= 0.3 is 12.1 Å². The first-order valence-electron chi connectivity index (χ1n) is 6.91. The van der Waals surface area contributed by atoms with E-state index < -0.39 is 0 Å². The molecule has 0 aromatic heterocycles. The molecule has 1 fully saturated rings. The van der Waals surface area contributed by atoms with Gasteiger partial charge in [-0.05, 0) is 12.1 Å². The second-order valence-corrected chi connectivity index (χ2v) is 4.75. The van der Waals surface area contributed by atoms with Crippen molar-refractivity contribution in [1.29, 1.82) is 0 Å². The number of piperazine rings is 1. The van der Waals surface area contributed by atoms with Crippen LogP contribution in [-0.4, -0.2) is 55.2 Å². The van der Waals surface area contributed by atoms with Crippen molar-refractivity contribution < 1.29 is 18.7 Å². The molecule has 1 aliphatic rings. The molecule has 0 atom stereocenters. The minimum atomic E-state index is -0.389. The third-order valence-corrected chi connectivity index (χ3v) is 3.37. The molecule has 0 saturated carbocycles. The number of carbonyl (C=O) groups is 2. The SMILES string of the molecule is COC(=O)N1CCN(C(=O)N/C=C/c2ccccc2F)CC1. The van der Waals surface area contributed by atoms with Crippen LogP contribution >= 0.6 is 0 Å². The van der Waals surface area contributed by atoms with E-state index in [0.29, 0.717) is 31.7 Å². The van der Waals surface area contributed by atoms with Crippen LogP contribution in [0.5, 0.6) is 0 Å². The number of carbonyl (C=O) groups excluding carboxylic acids is 2. The summed E-state index contributed by atoms with van der Waals surface area (Å²) in [6, 6.07) is 6.01. The summed E-state index contributed by atoms with van der Waals surface area (Å²) in [4.78, 5) is 26.4. The number of urea groups is 1. The van der Waals surface area contributed by atoms with Gasteiger partial charge in [-0.3, -0.25) is 0 Å². The lowest BCUT2D eigenvalue weighted by Gasteiger charge is -2.33. The molecule has 1 saturated heterocycles. The monoisotopic (exact) mass is 307 g/mol. The van der Waals surface area contributed by atoms with Crippen LogP contribution in [0.1, 0.15) is 5.56 Å². The number of hydrogen-bond acceptors (Lipinski definition) is 3. The molecule has 22 heavy (non-hydrogen) atoms. The van der Waals surface area contributed by atoms with Gasteiger partial charge in [0.15, 0.2) is 0 Å². The lowest BCUT2D eigenvalue weighted by molar-refractivity contribution is 0.0977. The number of nitrogens with one attached hydrogen (secondary N) is 1. The van der Waals surface area contributed by atoms with E-state index in [2.05, 4.69) is 10.1 Å². The Balaban J connectivity index is 1.81. The molecule has 1 N–H and O–H groups in total. The quantitative estimate of drug-likeness (QED) is 0.907. The molecule has 0 aliphatic carbocycles. The first-order chi connectivity index (χ1) is 10.6. The fraction of sp³-hybridized carbons (Fsp3) is 0.333. The summed E-state index contributed by atoms with van der Waals surface area (Å²) < 4.78 is 18.0. The maximum absolute atomic E-state index is 13.4. The predicted molar refractivity (Wildman–Crippen MR) is 79.5 cm³/mol. The molecule has 0 bridgehead atoms. The highest BCUT2D eigenvalue weighted by Gasteiger charge is 2.23. The Morgan fingerprint density at radius 1 is 1.18 bits per heavy atom. The molecule has 1 aliphatic heterocycles. The molecule has 0 radical (unpaired) electrons. The van der Waals surface area contributed by atoms with Gasteiger partial charge in [0, 0.05) is 37.9 Å². The van der Waals surface area contributed by atoms with Crippen molar-refractivity contribution in [3.63, 3.8) is 0 Å². The standard InChI is InChI=1S/C15H18FN3O3/c1-22-15(21)19-10-8-18(9-11-19)14(20)17-7-6-12-4-2-3-5-13(12)16/h2-7H,8-11H2,1H3,(H,17,20)/b7-6+. The molecule has 2 rings (SSSR count). The van der Waals surface area contributed by atoms with Crippen LogP contribution in [0.25, 0.3) is 6.08 Å². The van der Waals surface area contributed by atoms with Crippen LogP contribution in [0.3, 0.4) is 0 Å². The lowest BCUT2D eigenvalue weighted by Crippen LogP contribution is -2.52. The largest absolute Gasteiger partial charge is 0.453 e. The Morgan fingerprint density at radius 2 is 1.82 bits per heavy atom. The molecule has 1 aromatic carbocycles. The van der Waals surface area contributed by atoms with E-state index >= 15 is 0 Å². The molecule has 0 unspecified atom stereocenters. The minimum absolute atomic E-state index is 0.280. The second-order valence-electron chi connectivity index (χ2n) is 4.75. The smallest absolute Gasteiger partial charge is 0.409 e. The number of rotatable bonds is 2. The van der Waals surface area contributed by atoms with E-state index in [-0.39, 0.29) is 17.9 Å². The number of nitrogens with zero attached hydrogens (tertiary/aromatic N) is 2. The Kier molecular flexibility index (Phi) is 5.35. The maximum Gasteiger partial charge on any atom is 0.409 e. The second kappa shape index (κ2) is 7.44. The lowest BCUT2D eigenvalue weighted by atomic mass is 10.2. The van der Waals surface area contributed by atoms with Gasteiger partial charge in [-0.2, -0.15) is 0 Å². The van der Waals surface area contributed by atoms with Crippen LogP contribution < -0.4 is 5.32 Å². The van der Waals surface area contributed by atoms with Crippen molar-refractivity contribution in [1.82, 2.24) is 15.1 Å². The molecule has 1 aromatic rings. The number of ether oxygens (including phenoxy) is 1. The van der Waals surface area contributed by atoms with Crippen molar-refractivity contribution in [3.05, 3.63) is 41.8 Å². The molecular weight excluding hydrogens is 289 g/mol. The first kappa shape index (κ1) is 15.8. The van der Waals surface area contributed by atoms with Gasteiger partial charge in [0.25, 0.3) is 0 Å². The van der Waals surface area contributed by atoms with Gasteiger partial charge in [-0.1, -0.05) is 18.2 Å². The van der Waals surface area contributed by atoms with Crippen molar-refractivity contribution in [3.8, 4) is 0 Å². The number of hydrogen-bond donors (Lipinski definition) is 1. The van der Waals surface area contributed by atoms with Crippen LogP contribution in [-0.2, 0) is 4.74 Å². The van der Waals surface area contributed by atoms with E-state index in [1.54, 1.807) is 28.0 Å². The van der Waals surface area contributed by atoms with Crippen LogP contribution in [0.15, 0.2) is 30.5 Å². The molecule has 118 valence electrons. The number of methoxy groups -OCH3 is 1. The summed E-state index contributed by atoms with van der Waals surface area (Å²) >= 11 is 0. The fourth-order valence-electron chi connectivity index (χ4n) is 2.13. The van der Waals surface area contributed by atoms with Crippen LogP contribution in [0.4, 0.5) is 14.0 Å². The van der Waals surface area contributed by atoms with E-state index in [1.807, 2.05) is 0 Å². The summed E-state index contributed by atoms with van der Waals surface area (Å²) in [5.41, 5.74) is 0.401. The topological polar surface area (TPSA) is 61.9 Å². The van der Waals surface area contributed by atoms with E-state index in [9.17, 15) is 14.0 Å². The summed E-state index contributed by atoms with van der Waals surface area (Å²) in [5, 5.41) is 2.59. The summed E-state index contributed by atoms with van der Waals surface area (Å²) in [7, 11) is 1.33. The fourth-order valence-corrected chi connectivity index (χ4v) is 2.13. The molecule has 0 spiro atoms. The molecule has 1 heterocycles. The van der Waals surface area contributed by atoms with Gasteiger partial charge in [0.1, 0.15) is 5.82 Å². The Bertz CT molecular complexity index is 569. The van der Waals surface area contributed by atoms with E-state index in [1.165, 1.54) is 25.5 Å². The highest BCUT2D eigenvalue weighted by Crippen LogP contribution is 2.08.